The summed E-state index contributed by atoms with van der Waals surface area (Å²) in [7, 11) is -2.93. The van der Waals surface area contributed by atoms with Gasteiger partial charge < -0.3 is 5.32 Å². The minimum absolute atomic E-state index is 0.125. The summed E-state index contributed by atoms with van der Waals surface area (Å²) in [6, 6.07) is 5.51. The number of nitrogens with one attached hydrogen (secondary N) is 1. The zero-order valence-electron chi connectivity index (χ0n) is 9.81. The number of benzene rings is 1. The minimum atomic E-state index is -2.93. The Morgan fingerprint density at radius 1 is 1.44 bits per heavy atom. The second-order valence-corrected chi connectivity index (χ2v) is 7.73. The number of rotatable bonds is 5. The zero-order chi connectivity index (χ0) is 13.2. The van der Waals surface area contributed by atoms with Crippen molar-refractivity contribution in [3.8, 4) is 0 Å². The van der Waals surface area contributed by atoms with Crippen LogP contribution in [0.4, 0.5) is 5.13 Å². The molecule has 18 heavy (non-hydrogen) atoms. The number of nitrogens with zero attached hydrogens (tertiary/aromatic N) is 1. The second kappa shape index (κ2) is 5.42. The van der Waals surface area contributed by atoms with Crippen molar-refractivity contribution in [2.45, 2.75) is 6.92 Å². The molecule has 1 N–H and O–H groups in total. The quantitative estimate of drug-likeness (QED) is 0.923. The minimum Gasteiger partial charge on any atom is -0.360 e. The summed E-state index contributed by atoms with van der Waals surface area (Å²) in [6.45, 7) is 2.03. The van der Waals surface area contributed by atoms with Crippen LogP contribution in [-0.2, 0) is 9.84 Å². The van der Waals surface area contributed by atoms with Crippen LogP contribution in [0.5, 0.6) is 0 Å². The molecule has 1 aromatic carbocycles. The SMILES string of the molecule is CCS(=O)(=O)CCNc1nc2cc(Cl)ccc2s1. The Kier molecular flexibility index (Phi) is 4.09. The van der Waals surface area contributed by atoms with Crippen LogP contribution in [0.2, 0.25) is 5.02 Å². The number of fused-ring (bicyclic) bond motifs is 1. The molecular formula is C11H13ClN2O2S2. The Bertz CT molecular complexity index is 652. The van der Waals surface area contributed by atoms with E-state index in [0.717, 1.165) is 15.3 Å². The lowest BCUT2D eigenvalue weighted by atomic mass is 10.3. The molecule has 1 heterocycles. The average Bonchev–Trinajstić information content (AvgIpc) is 2.70. The number of hydrogen-bond acceptors (Lipinski definition) is 5. The summed E-state index contributed by atoms with van der Waals surface area (Å²) in [4.78, 5) is 4.35. The molecule has 2 aromatic rings. The first kappa shape index (κ1) is 13.6. The standard InChI is InChI=1S/C11H13ClN2O2S2/c1-2-18(15,16)6-5-13-11-14-9-7-8(12)3-4-10(9)17-11/h3-4,7H,2,5-6H2,1H3,(H,13,14). The van der Waals surface area contributed by atoms with Crippen molar-refractivity contribution < 1.29 is 8.42 Å². The van der Waals surface area contributed by atoms with Crippen LogP contribution >= 0.6 is 22.9 Å². The van der Waals surface area contributed by atoms with Crippen molar-refractivity contribution in [2.75, 3.05) is 23.4 Å². The highest BCUT2D eigenvalue weighted by atomic mass is 35.5. The maximum atomic E-state index is 11.3. The third-order valence-electron chi connectivity index (χ3n) is 2.48. The topological polar surface area (TPSA) is 59.1 Å². The van der Waals surface area contributed by atoms with E-state index in [4.69, 9.17) is 11.6 Å². The van der Waals surface area contributed by atoms with Crippen LogP contribution < -0.4 is 5.32 Å². The molecule has 0 aliphatic rings. The van der Waals surface area contributed by atoms with Crippen molar-refractivity contribution >= 4 is 48.1 Å². The molecule has 2 rings (SSSR count). The molecule has 4 nitrogen and oxygen atoms in total. The Morgan fingerprint density at radius 2 is 2.22 bits per heavy atom. The van der Waals surface area contributed by atoms with Crippen LogP contribution in [0.15, 0.2) is 18.2 Å². The molecule has 0 aliphatic carbocycles. The Labute approximate surface area is 115 Å². The van der Waals surface area contributed by atoms with E-state index in [1.165, 1.54) is 11.3 Å². The smallest absolute Gasteiger partial charge is 0.183 e. The van der Waals surface area contributed by atoms with E-state index in [-0.39, 0.29) is 11.5 Å². The Balaban J connectivity index is 2.04. The van der Waals surface area contributed by atoms with Crippen molar-refractivity contribution in [3.05, 3.63) is 23.2 Å². The van der Waals surface area contributed by atoms with Crippen LogP contribution in [-0.4, -0.2) is 31.5 Å². The Hall–Kier alpha value is -0.850. The van der Waals surface area contributed by atoms with E-state index in [2.05, 4.69) is 10.3 Å². The molecule has 0 unspecified atom stereocenters. The monoisotopic (exact) mass is 304 g/mol. The molecule has 0 amide bonds. The molecule has 0 aliphatic heterocycles. The predicted octanol–water partition coefficient (Wildman–Crippen LogP) is 2.80. The van der Waals surface area contributed by atoms with E-state index >= 15 is 0 Å². The van der Waals surface area contributed by atoms with Gasteiger partial charge in [-0.1, -0.05) is 29.9 Å². The van der Waals surface area contributed by atoms with Gasteiger partial charge in [0.1, 0.15) is 0 Å². The highest BCUT2D eigenvalue weighted by Crippen LogP contribution is 2.27. The highest BCUT2D eigenvalue weighted by Gasteiger charge is 2.08. The van der Waals surface area contributed by atoms with Crippen LogP contribution in [0, 0.1) is 0 Å². The maximum Gasteiger partial charge on any atom is 0.183 e. The largest absolute Gasteiger partial charge is 0.360 e. The van der Waals surface area contributed by atoms with Crippen LogP contribution in [0.3, 0.4) is 0 Å². The molecule has 0 atom stereocenters. The van der Waals surface area contributed by atoms with Gasteiger partial charge in [-0.05, 0) is 18.2 Å². The van der Waals surface area contributed by atoms with Crippen molar-refractivity contribution in [1.29, 1.82) is 0 Å². The fourth-order valence-electron chi connectivity index (χ4n) is 1.43. The van der Waals surface area contributed by atoms with Gasteiger partial charge in [0, 0.05) is 17.3 Å². The first-order chi connectivity index (χ1) is 8.50. The number of hydrogen-bond donors (Lipinski definition) is 1. The number of aromatic nitrogens is 1. The average molecular weight is 305 g/mol. The van der Waals surface area contributed by atoms with E-state index in [1.54, 1.807) is 13.0 Å². The van der Waals surface area contributed by atoms with Gasteiger partial charge in [0.2, 0.25) is 0 Å². The lowest BCUT2D eigenvalue weighted by Crippen LogP contribution is -2.16. The van der Waals surface area contributed by atoms with Gasteiger partial charge in [0.05, 0.1) is 16.0 Å². The molecule has 1 aromatic heterocycles. The second-order valence-electron chi connectivity index (χ2n) is 3.79. The number of anilines is 1. The van der Waals surface area contributed by atoms with E-state index in [1.807, 2.05) is 12.1 Å². The predicted molar refractivity (Wildman–Crippen MR) is 77.4 cm³/mol. The summed E-state index contributed by atoms with van der Waals surface area (Å²) in [5.41, 5.74) is 0.827. The summed E-state index contributed by atoms with van der Waals surface area (Å²) >= 11 is 7.36. The Morgan fingerprint density at radius 3 is 2.94 bits per heavy atom. The van der Waals surface area contributed by atoms with Gasteiger partial charge in [-0.25, -0.2) is 13.4 Å². The summed E-state index contributed by atoms with van der Waals surface area (Å²) < 4.78 is 23.7. The van der Waals surface area contributed by atoms with Gasteiger partial charge in [0.15, 0.2) is 15.0 Å². The molecule has 0 saturated heterocycles. The van der Waals surface area contributed by atoms with Gasteiger partial charge in [-0.3, -0.25) is 0 Å². The molecule has 0 spiro atoms. The third-order valence-corrected chi connectivity index (χ3v) is 5.41. The molecule has 98 valence electrons. The van der Waals surface area contributed by atoms with Crippen LogP contribution in [0.1, 0.15) is 6.92 Å². The van der Waals surface area contributed by atoms with Gasteiger partial charge in [-0.2, -0.15) is 0 Å². The van der Waals surface area contributed by atoms with Crippen molar-refractivity contribution in [2.24, 2.45) is 0 Å². The fourth-order valence-corrected chi connectivity index (χ4v) is 3.17. The first-order valence-electron chi connectivity index (χ1n) is 5.50. The van der Waals surface area contributed by atoms with E-state index < -0.39 is 9.84 Å². The van der Waals surface area contributed by atoms with Crippen molar-refractivity contribution in [3.63, 3.8) is 0 Å². The summed E-state index contributed by atoms with van der Waals surface area (Å²) in [5, 5.41) is 4.40. The highest BCUT2D eigenvalue weighted by molar-refractivity contribution is 7.91. The lowest BCUT2D eigenvalue weighted by Gasteiger charge is -2.01. The first-order valence-corrected chi connectivity index (χ1v) is 8.52. The van der Waals surface area contributed by atoms with Crippen molar-refractivity contribution in [1.82, 2.24) is 4.98 Å². The summed E-state index contributed by atoms with van der Waals surface area (Å²) in [6.07, 6.45) is 0. The molecule has 7 heteroatoms. The van der Waals surface area contributed by atoms with E-state index in [0.29, 0.717) is 11.6 Å². The normalized spacial score (nSPS) is 11.9. The van der Waals surface area contributed by atoms with E-state index in [9.17, 15) is 8.42 Å². The molecule has 0 fully saturated rings. The molecule has 0 saturated carbocycles. The van der Waals surface area contributed by atoms with Gasteiger partial charge in [0.25, 0.3) is 0 Å². The number of thiazole rings is 1. The number of halogens is 1. The zero-order valence-corrected chi connectivity index (χ0v) is 12.2. The van der Waals surface area contributed by atoms with Crippen LogP contribution in [0.25, 0.3) is 10.2 Å². The lowest BCUT2D eigenvalue weighted by molar-refractivity contribution is 0.597. The maximum absolute atomic E-state index is 11.3. The number of sulfone groups is 1. The molecule has 0 bridgehead atoms. The molecular weight excluding hydrogens is 292 g/mol. The van der Waals surface area contributed by atoms with Gasteiger partial charge >= 0.3 is 0 Å². The molecule has 0 radical (unpaired) electrons. The fraction of sp³-hybridized carbons (Fsp3) is 0.364. The summed E-state index contributed by atoms with van der Waals surface area (Å²) in [5.74, 6) is 0.296. The third kappa shape index (κ3) is 3.34. The van der Waals surface area contributed by atoms with Gasteiger partial charge in [-0.15, -0.1) is 0 Å².